The number of hydrogen-bond donors (Lipinski definition) is 2. The zero-order chi connectivity index (χ0) is 19.9. The lowest BCUT2D eigenvalue weighted by Gasteiger charge is -2.10. The quantitative estimate of drug-likeness (QED) is 0.632. The third-order valence-electron chi connectivity index (χ3n) is 3.66. The van der Waals surface area contributed by atoms with Crippen molar-refractivity contribution in [3.8, 4) is 0 Å². The highest BCUT2D eigenvalue weighted by molar-refractivity contribution is 6.02. The monoisotopic (exact) mass is 380 g/mol. The second kappa shape index (κ2) is 8.72. The summed E-state index contributed by atoms with van der Waals surface area (Å²) >= 11 is 0. The first-order valence-corrected chi connectivity index (χ1v) is 8.50. The van der Waals surface area contributed by atoms with Gasteiger partial charge in [-0.2, -0.15) is 0 Å². The number of rotatable bonds is 6. The highest BCUT2D eigenvalue weighted by atomic mass is 19.1. The maximum atomic E-state index is 13.2. The topological polar surface area (TPSA) is 93.2 Å². The number of ether oxygens (including phenoxy) is 1. The Bertz CT molecular complexity index is 993. The van der Waals surface area contributed by atoms with Crippen molar-refractivity contribution in [1.82, 2.24) is 10.2 Å². The van der Waals surface area contributed by atoms with Gasteiger partial charge in [0.05, 0.1) is 17.9 Å². The Labute approximate surface area is 160 Å². The van der Waals surface area contributed by atoms with Crippen LogP contribution in [0.2, 0.25) is 0 Å². The molecule has 1 aromatic heterocycles. The van der Waals surface area contributed by atoms with E-state index < -0.39 is 17.7 Å². The summed E-state index contributed by atoms with van der Waals surface area (Å²) in [5.41, 5.74) is 1.25. The molecule has 0 unspecified atom stereocenters. The first-order chi connectivity index (χ1) is 13.6. The molecule has 0 aliphatic carbocycles. The summed E-state index contributed by atoms with van der Waals surface area (Å²) in [7, 11) is 0. The summed E-state index contributed by atoms with van der Waals surface area (Å²) in [6, 6.07) is 15.4. The Morgan fingerprint density at radius 1 is 1.04 bits per heavy atom. The number of benzene rings is 2. The molecule has 0 saturated carbocycles. The Hall–Kier alpha value is -3.81. The third-order valence-corrected chi connectivity index (χ3v) is 3.66. The van der Waals surface area contributed by atoms with E-state index in [1.165, 1.54) is 24.3 Å². The predicted octanol–water partition coefficient (Wildman–Crippen LogP) is 3.79. The van der Waals surface area contributed by atoms with Crippen LogP contribution in [0.5, 0.6) is 0 Å². The van der Waals surface area contributed by atoms with Gasteiger partial charge in [-0.15, -0.1) is 10.2 Å². The lowest BCUT2D eigenvalue weighted by atomic mass is 10.2. The zero-order valence-corrected chi connectivity index (χ0v) is 15.0. The van der Waals surface area contributed by atoms with Gasteiger partial charge >= 0.3 is 5.97 Å². The van der Waals surface area contributed by atoms with Crippen LogP contribution in [0.1, 0.15) is 27.8 Å². The summed E-state index contributed by atoms with van der Waals surface area (Å²) in [5.74, 6) is -1.08. The van der Waals surface area contributed by atoms with Gasteiger partial charge < -0.3 is 15.4 Å². The van der Waals surface area contributed by atoms with Crippen molar-refractivity contribution in [2.75, 3.05) is 17.2 Å². The van der Waals surface area contributed by atoms with Crippen LogP contribution in [0.4, 0.5) is 21.6 Å². The summed E-state index contributed by atoms with van der Waals surface area (Å²) in [6.45, 7) is 2.00. The molecule has 8 heteroatoms. The average Bonchev–Trinajstić information content (AvgIpc) is 2.69. The van der Waals surface area contributed by atoms with E-state index >= 15 is 0 Å². The van der Waals surface area contributed by atoms with Gasteiger partial charge in [-0.1, -0.05) is 18.2 Å². The highest BCUT2D eigenvalue weighted by Crippen LogP contribution is 2.20. The fourth-order valence-electron chi connectivity index (χ4n) is 2.40. The molecule has 7 nitrogen and oxygen atoms in total. The van der Waals surface area contributed by atoms with Gasteiger partial charge in [0, 0.05) is 5.69 Å². The maximum absolute atomic E-state index is 13.2. The van der Waals surface area contributed by atoms with Crippen LogP contribution in [-0.4, -0.2) is 28.7 Å². The second-order valence-electron chi connectivity index (χ2n) is 5.66. The van der Waals surface area contributed by atoms with Crippen LogP contribution in [0.15, 0.2) is 60.7 Å². The number of aromatic nitrogens is 2. The summed E-state index contributed by atoms with van der Waals surface area (Å²) in [4.78, 5) is 24.2. The molecule has 1 amide bonds. The number of halogens is 1. The van der Waals surface area contributed by atoms with Crippen molar-refractivity contribution in [2.45, 2.75) is 6.92 Å². The molecule has 2 aromatic carbocycles. The van der Waals surface area contributed by atoms with E-state index in [0.717, 1.165) is 0 Å². The Morgan fingerprint density at radius 3 is 2.57 bits per heavy atom. The minimum Gasteiger partial charge on any atom is -0.462 e. The average molecular weight is 380 g/mol. The molecule has 0 bridgehead atoms. The summed E-state index contributed by atoms with van der Waals surface area (Å²) in [6.07, 6.45) is 0. The van der Waals surface area contributed by atoms with Gasteiger partial charge in [-0.3, -0.25) is 4.79 Å². The standard InChI is InChI=1S/C20H17FN4O3/c1-2-28-20(27)15-8-3-4-9-16(15)23-18-11-10-17(24-25-18)19(26)22-14-7-5-6-13(21)12-14/h3-12H,2H2,1H3,(H,22,26)(H,23,25). The van der Waals surface area contributed by atoms with E-state index in [-0.39, 0.29) is 12.3 Å². The molecular formula is C20H17FN4O3. The second-order valence-corrected chi connectivity index (χ2v) is 5.66. The molecule has 28 heavy (non-hydrogen) atoms. The van der Waals surface area contributed by atoms with E-state index in [0.29, 0.717) is 22.8 Å². The number of nitrogens with one attached hydrogen (secondary N) is 2. The molecule has 0 radical (unpaired) electrons. The first-order valence-electron chi connectivity index (χ1n) is 8.50. The molecule has 3 rings (SSSR count). The van der Waals surface area contributed by atoms with Gasteiger partial charge in [0.2, 0.25) is 0 Å². The van der Waals surface area contributed by atoms with Gasteiger partial charge in [0.1, 0.15) is 5.82 Å². The lowest BCUT2D eigenvalue weighted by Crippen LogP contribution is -2.15. The molecule has 0 atom stereocenters. The Morgan fingerprint density at radius 2 is 1.86 bits per heavy atom. The molecule has 0 aliphatic heterocycles. The normalized spacial score (nSPS) is 10.2. The highest BCUT2D eigenvalue weighted by Gasteiger charge is 2.13. The third kappa shape index (κ3) is 4.67. The molecule has 0 aliphatic rings. The van der Waals surface area contributed by atoms with Crippen LogP contribution >= 0.6 is 0 Å². The minimum absolute atomic E-state index is 0.0634. The van der Waals surface area contributed by atoms with Crippen LogP contribution in [0, 0.1) is 5.82 Å². The molecule has 3 aromatic rings. The van der Waals surface area contributed by atoms with Gasteiger partial charge in [0.15, 0.2) is 11.5 Å². The first kappa shape index (κ1) is 19.0. The van der Waals surface area contributed by atoms with E-state index in [1.54, 1.807) is 43.3 Å². The summed E-state index contributed by atoms with van der Waals surface area (Å²) < 4.78 is 18.2. The molecule has 0 fully saturated rings. The molecule has 2 N–H and O–H groups in total. The van der Waals surface area contributed by atoms with Crippen molar-refractivity contribution >= 4 is 29.1 Å². The minimum atomic E-state index is -0.517. The van der Waals surface area contributed by atoms with Crippen LogP contribution in [0.25, 0.3) is 0 Å². The lowest BCUT2D eigenvalue weighted by molar-refractivity contribution is 0.0527. The number of anilines is 3. The SMILES string of the molecule is CCOC(=O)c1ccccc1Nc1ccc(C(=O)Nc2cccc(F)c2)nn1. The van der Waals surface area contributed by atoms with Crippen molar-refractivity contribution < 1.29 is 18.7 Å². The Balaban J connectivity index is 1.71. The number of esters is 1. The maximum Gasteiger partial charge on any atom is 0.340 e. The Kier molecular flexibility index (Phi) is 5.91. The molecule has 0 spiro atoms. The molecule has 0 saturated heterocycles. The predicted molar refractivity (Wildman–Crippen MR) is 102 cm³/mol. The van der Waals surface area contributed by atoms with Crippen LogP contribution in [-0.2, 0) is 4.74 Å². The van der Waals surface area contributed by atoms with Gasteiger partial charge in [0.25, 0.3) is 5.91 Å². The number of carbonyl (C=O) groups excluding carboxylic acids is 2. The van der Waals surface area contributed by atoms with E-state index in [2.05, 4.69) is 20.8 Å². The van der Waals surface area contributed by atoms with Crippen molar-refractivity contribution in [3.63, 3.8) is 0 Å². The number of hydrogen-bond acceptors (Lipinski definition) is 6. The van der Waals surface area contributed by atoms with Gasteiger partial charge in [-0.05, 0) is 49.4 Å². The number of para-hydroxylation sites is 1. The van der Waals surface area contributed by atoms with E-state index in [1.807, 2.05) is 0 Å². The number of nitrogens with zero attached hydrogens (tertiary/aromatic N) is 2. The summed E-state index contributed by atoms with van der Waals surface area (Å²) in [5, 5.41) is 13.3. The van der Waals surface area contributed by atoms with Crippen LogP contribution in [0.3, 0.4) is 0 Å². The zero-order valence-electron chi connectivity index (χ0n) is 15.0. The largest absolute Gasteiger partial charge is 0.462 e. The number of amides is 1. The van der Waals surface area contributed by atoms with Crippen molar-refractivity contribution in [3.05, 3.63) is 77.7 Å². The van der Waals surface area contributed by atoms with Crippen molar-refractivity contribution in [2.24, 2.45) is 0 Å². The molecular weight excluding hydrogens is 363 g/mol. The fraction of sp³-hybridized carbons (Fsp3) is 0.100. The van der Waals surface area contributed by atoms with Gasteiger partial charge in [-0.25, -0.2) is 9.18 Å². The van der Waals surface area contributed by atoms with Crippen molar-refractivity contribution in [1.29, 1.82) is 0 Å². The number of carbonyl (C=O) groups is 2. The van der Waals surface area contributed by atoms with Crippen LogP contribution < -0.4 is 10.6 Å². The smallest absolute Gasteiger partial charge is 0.340 e. The molecule has 142 valence electrons. The molecule has 1 heterocycles. The van der Waals surface area contributed by atoms with E-state index in [9.17, 15) is 14.0 Å². The van der Waals surface area contributed by atoms with E-state index in [4.69, 9.17) is 4.74 Å². The fourth-order valence-corrected chi connectivity index (χ4v) is 2.40.